The van der Waals surface area contributed by atoms with Gasteiger partial charge < -0.3 is 0 Å². The first-order chi connectivity index (χ1) is 4.50. The molecule has 0 aromatic carbocycles. The van der Waals surface area contributed by atoms with E-state index in [-0.39, 0.29) is 21.7 Å². The van der Waals surface area contributed by atoms with Crippen LogP contribution in [0.1, 0.15) is 6.42 Å². The summed E-state index contributed by atoms with van der Waals surface area (Å²) in [4.78, 5) is 0. The Morgan fingerprint density at radius 2 is 1.82 bits per heavy atom. The fraction of sp³-hybridized carbons (Fsp3) is 0.286. The molecule has 1 aliphatic carbocycles. The molecule has 0 N–H and O–H groups in total. The van der Waals surface area contributed by atoms with Gasteiger partial charge in [0, 0.05) is 0 Å². The van der Waals surface area contributed by atoms with Gasteiger partial charge in [-0.3, -0.25) is 13.0 Å². The zero-order valence-corrected chi connectivity index (χ0v) is 9.61. The van der Waals surface area contributed by atoms with Crippen molar-refractivity contribution in [3.05, 3.63) is 31.2 Å². The first kappa shape index (κ1) is 14.6. The van der Waals surface area contributed by atoms with E-state index in [1.54, 1.807) is 0 Å². The normalized spacial score (nSPS) is 13.5. The van der Waals surface area contributed by atoms with E-state index in [0.29, 0.717) is 0 Å². The molecule has 0 unspecified atom stereocenters. The molecule has 0 bridgehead atoms. The Balaban J connectivity index is 0. The van der Waals surface area contributed by atoms with Crippen LogP contribution in [-0.4, -0.2) is 3.79 Å². The van der Waals surface area contributed by atoms with Crippen molar-refractivity contribution in [2.45, 2.75) is 10.2 Å². The molecule has 0 aliphatic heterocycles. The minimum atomic E-state index is -1.33. The standard InChI is InChI=1S/C5H5.C2H2Cl3.Ti/c1-2-4-5-3-1;1-2(3,4)5;/h1-3H,4H2;1H2;/q2*-1;+2. The molecular formula is C7H7Cl3Ti. The van der Waals surface area contributed by atoms with Gasteiger partial charge in [0.05, 0.1) is 3.79 Å². The Bertz CT molecular complexity index is 119. The Kier molecular flexibility index (Phi) is 10.2. The zero-order chi connectivity index (χ0) is 8.04. The van der Waals surface area contributed by atoms with Crippen LogP contribution in [0.2, 0.25) is 0 Å². The molecule has 1 aliphatic rings. The molecule has 11 heavy (non-hydrogen) atoms. The van der Waals surface area contributed by atoms with Gasteiger partial charge >= 0.3 is 21.7 Å². The monoisotopic (exact) mass is 244 g/mol. The third kappa shape index (κ3) is 24.7. The summed E-state index contributed by atoms with van der Waals surface area (Å²) < 4.78 is -1.33. The van der Waals surface area contributed by atoms with Crippen LogP contribution in [0.5, 0.6) is 0 Å². The molecule has 0 aromatic heterocycles. The first-order valence-electron chi connectivity index (χ1n) is 2.64. The quantitative estimate of drug-likeness (QED) is 0.348. The third-order valence-corrected chi connectivity index (χ3v) is 0.586. The maximum atomic E-state index is 4.95. The van der Waals surface area contributed by atoms with E-state index in [4.69, 9.17) is 34.8 Å². The minimum absolute atomic E-state index is 0. The molecule has 0 aromatic rings. The molecule has 0 heterocycles. The summed E-state index contributed by atoms with van der Waals surface area (Å²) in [5.41, 5.74) is 0. The van der Waals surface area contributed by atoms with Crippen molar-refractivity contribution >= 4 is 34.8 Å². The Hall–Kier alpha value is 1.06. The summed E-state index contributed by atoms with van der Waals surface area (Å²) in [5, 5.41) is 0. The average Bonchev–Trinajstić information content (AvgIpc) is 2.07. The summed E-state index contributed by atoms with van der Waals surface area (Å²) in [5.74, 6) is 0. The molecule has 0 radical (unpaired) electrons. The van der Waals surface area contributed by atoms with Crippen molar-refractivity contribution in [1.82, 2.24) is 0 Å². The third-order valence-electron chi connectivity index (χ3n) is 0.586. The summed E-state index contributed by atoms with van der Waals surface area (Å²) in [6, 6.07) is 0. The van der Waals surface area contributed by atoms with Crippen molar-refractivity contribution in [3.63, 3.8) is 0 Å². The van der Waals surface area contributed by atoms with Gasteiger partial charge in [-0.2, -0.15) is 6.08 Å². The maximum Gasteiger partial charge on any atom is 2.00 e. The van der Waals surface area contributed by atoms with Crippen LogP contribution in [0.25, 0.3) is 0 Å². The second kappa shape index (κ2) is 7.70. The molecule has 0 saturated carbocycles. The molecule has 0 spiro atoms. The van der Waals surface area contributed by atoms with E-state index in [0.717, 1.165) is 6.42 Å². The van der Waals surface area contributed by atoms with Crippen molar-refractivity contribution in [2.75, 3.05) is 0 Å². The van der Waals surface area contributed by atoms with Crippen LogP contribution in [0.15, 0.2) is 18.2 Å². The van der Waals surface area contributed by atoms with Gasteiger partial charge in [0.25, 0.3) is 0 Å². The van der Waals surface area contributed by atoms with Crippen LogP contribution >= 0.6 is 34.8 Å². The first-order valence-corrected chi connectivity index (χ1v) is 3.77. The fourth-order valence-electron chi connectivity index (χ4n) is 0.340. The molecule has 0 atom stereocenters. The second-order valence-corrected chi connectivity index (χ2v) is 4.13. The van der Waals surface area contributed by atoms with E-state index in [2.05, 4.69) is 19.1 Å². The van der Waals surface area contributed by atoms with Crippen LogP contribution in [0.3, 0.4) is 0 Å². The van der Waals surface area contributed by atoms with E-state index >= 15 is 0 Å². The second-order valence-electron chi connectivity index (χ2n) is 1.62. The maximum absolute atomic E-state index is 4.95. The van der Waals surface area contributed by atoms with Gasteiger partial charge in [-0.1, -0.05) is 0 Å². The van der Waals surface area contributed by atoms with Crippen LogP contribution in [0, 0.1) is 13.0 Å². The minimum Gasteiger partial charge on any atom is -0.293 e. The van der Waals surface area contributed by atoms with Gasteiger partial charge in [0.1, 0.15) is 0 Å². The smallest absolute Gasteiger partial charge is 0.293 e. The van der Waals surface area contributed by atoms with E-state index in [1.165, 1.54) is 0 Å². The SMILES string of the molecule is [C-]1=CC=CC1.[CH2-]C(Cl)(Cl)Cl.[Ti+2]. The number of allylic oxidation sites excluding steroid dienone is 4. The van der Waals surface area contributed by atoms with E-state index in [1.807, 2.05) is 12.2 Å². The number of halogens is 3. The molecule has 0 saturated heterocycles. The summed E-state index contributed by atoms with van der Waals surface area (Å²) >= 11 is 14.8. The van der Waals surface area contributed by atoms with Crippen molar-refractivity contribution < 1.29 is 21.7 Å². The number of rotatable bonds is 0. The van der Waals surface area contributed by atoms with Gasteiger partial charge in [0.15, 0.2) is 0 Å². The van der Waals surface area contributed by atoms with E-state index < -0.39 is 3.79 Å². The predicted octanol–water partition coefficient (Wildman–Crippen LogP) is 3.49. The molecule has 0 amide bonds. The van der Waals surface area contributed by atoms with Gasteiger partial charge in [0.2, 0.25) is 0 Å². The Morgan fingerprint density at radius 3 is 1.91 bits per heavy atom. The van der Waals surface area contributed by atoms with Crippen LogP contribution < -0.4 is 0 Å². The number of hydrogen-bond donors (Lipinski definition) is 0. The summed E-state index contributed by atoms with van der Waals surface area (Å²) in [6.07, 6.45) is 10.0. The molecule has 4 heteroatoms. The Morgan fingerprint density at radius 1 is 1.36 bits per heavy atom. The molecular weight excluding hydrogens is 238 g/mol. The van der Waals surface area contributed by atoms with Crippen LogP contribution in [-0.2, 0) is 21.7 Å². The topological polar surface area (TPSA) is 0 Å². The van der Waals surface area contributed by atoms with Gasteiger partial charge in [-0.25, -0.2) is 12.2 Å². The molecule has 1 rings (SSSR count). The summed E-state index contributed by atoms with van der Waals surface area (Å²) in [7, 11) is 0. The number of alkyl halides is 3. The number of hydrogen-bond acceptors (Lipinski definition) is 0. The zero-order valence-electron chi connectivity index (χ0n) is 5.78. The van der Waals surface area contributed by atoms with E-state index in [9.17, 15) is 0 Å². The van der Waals surface area contributed by atoms with Crippen LogP contribution in [0.4, 0.5) is 0 Å². The van der Waals surface area contributed by atoms with Crippen molar-refractivity contribution in [3.8, 4) is 0 Å². The average molecular weight is 245 g/mol. The summed E-state index contributed by atoms with van der Waals surface area (Å²) in [6.45, 7) is 3.07. The Labute approximate surface area is 97.5 Å². The van der Waals surface area contributed by atoms with Crippen molar-refractivity contribution in [1.29, 1.82) is 0 Å². The fourth-order valence-corrected chi connectivity index (χ4v) is 0.340. The molecule has 0 nitrogen and oxygen atoms in total. The van der Waals surface area contributed by atoms with Gasteiger partial charge in [-0.15, -0.1) is 41.2 Å². The predicted molar refractivity (Wildman–Crippen MR) is 47.2 cm³/mol. The molecule has 60 valence electrons. The van der Waals surface area contributed by atoms with Crippen molar-refractivity contribution in [2.24, 2.45) is 0 Å². The van der Waals surface area contributed by atoms with Gasteiger partial charge in [-0.05, 0) is 0 Å². The largest absolute Gasteiger partial charge is 2.00 e. The molecule has 0 fully saturated rings.